The summed E-state index contributed by atoms with van der Waals surface area (Å²) in [6, 6.07) is 0. The summed E-state index contributed by atoms with van der Waals surface area (Å²) in [5.74, 6) is 0.404. The number of hydrogen-bond acceptors (Lipinski definition) is 1. The van der Waals surface area contributed by atoms with Gasteiger partial charge in [0.1, 0.15) is 0 Å². The van der Waals surface area contributed by atoms with E-state index in [2.05, 4.69) is 13.8 Å². The molecule has 0 bridgehead atoms. The largest absolute Gasteiger partial charge is 0.369 e. The highest BCUT2D eigenvalue weighted by molar-refractivity contribution is 5.76. The van der Waals surface area contributed by atoms with Gasteiger partial charge in [-0.1, -0.05) is 46.5 Å². The zero-order valence-corrected chi connectivity index (χ0v) is 9.88. The van der Waals surface area contributed by atoms with Crippen molar-refractivity contribution in [1.82, 2.24) is 0 Å². The van der Waals surface area contributed by atoms with Crippen LogP contribution in [-0.4, -0.2) is 5.91 Å². The van der Waals surface area contributed by atoms with E-state index in [4.69, 9.17) is 5.73 Å². The first-order valence-corrected chi connectivity index (χ1v) is 5.92. The Morgan fingerprint density at radius 1 is 1.21 bits per heavy atom. The summed E-state index contributed by atoms with van der Waals surface area (Å²) in [5.41, 5.74) is 5.34. The summed E-state index contributed by atoms with van der Waals surface area (Å²) < 4.78 is 0. The molecule has 2 atom stereocenters. The summed E-state index contributed by atoms with van der Waals surface area (Å²) in [7, 11) is 0. The van der Waals surface area contributed by atoms with Crippen LogP contribution in [0.5, 0.6) is 0 Å². The van der Waals surface area contributed by atoms with Crippen LogP contribution in [0.4, 0.5) is 0 Å². The van der Waals surface area contributed by atoms with Gasteiger partial charge in [0.2, 0.25) is 5.91 Å². The molecule has 0 radical (unpaired) electrons. The lowest BCUT2D eigenvalue weighted by atomic mass is 9.87. The Morgan fingerprint density at radius 3 is 2.29 bits per heavy atom. The average molecular weight is 199 g/mol. The maximum Gasteiger partial charge on any atom is 0.220 e. The number of primary amides is 1. The number of carbonyl (C=O) groups is 1. The number of hydrogen-bond donors (Lipinski definition) is 1. The smallest absolute Gasteiger partial charge is 0.220 e. The van der Waals surface area contributed by atoms with E-state index in [-0.39, 0.29) is 11.8 Å². The first-order chi connectivity index (χ1) is 6.63. The fourth-order valence-electron chi connectivity index (χ4n) is 1.98. The van der Waals surface area contributed by atoms with Crippen molar-refractivity contribution in [3.05, 3.63) is 0 Å². The predicted molar refractivity (Wildman–Crippen MR) is 60.9 cm³/mol. The molecule has 0 aromatic rings. The molecule has 0 saturated carbocycles. The van der Waals surface area contributed by atoms with E-state index in [9.17, 15) is 4.79 Å². The average Bonchev–Trinajstić information content (AvgIpc) is 2.13. The van der Waals surface area contributed by atoms with Crippen molar-refractivity contribution < 1.29 is 4.79 Å². The molecule has 84 valence electrons. The van der Waals surface area contributed by atoms with E-state index < -0.39 is 0 Å². The van der Waals surface area contributed by atoms with Gasteiger partial charge < -0.3 is 5.73 Å². The van der Waals surface area contributed by atoms with Crippen molar-refractivity contribution in [2.45, 2.75) is 59.3 Å². The summed E-state index contributed by atoms with van der Waals surface area (Å²) in [6.07, 6.45) is 7.11. The Kier molecular flexibility index (Phi) is 7.54. The first kappa shape index (κ1) is 13.5. The summed E-state index contributed by atoms with van der Waals surface area (Å²) in [4.78, 5) is 11.1. The fourth-order valence-corrected chi connectivity index (χ4v) is 1.98. The number of unbranched alkanes of at least 4 members (excludes halogenated alkanes) is 3. The number of rotatable bonds is 8. The highest BCUT2D eigenvalue weighted by Crippen LogP contribution is 2.21. The van der Waals surface area contributed by atoms with Crippen LogP contribution in [0.25, 0.3) is 0 Å². The van der Waals surface area contributed by atoms with Crippen molar-refractivity contribution >= 4 is 5.91 Å². The van der Waals surface area contributed by atoms with Gasteiger partial charge in [-0.15, -0.1) is 0 Å². The van der Waals surface area contributed by atoms with Gasteiger partial charge in [0.25, 0.3) is 0 Å². The van der Waals surface area contributed by atoms with Crippen molar-refractivity contribution in [2.75, 3.05) is 0 Å². The predicted octanol–water partition coefficient (Wildman–Crippen LogP) is 3.10. The summed E-state index contributed by atoms with van der Waals surface area (Å²) in [5, 5.41) is 0. The van der Waals surface area contributed by atoms with E-state index in [1.54, 1.807) is 0 Å². The van der Waals surface area contributed by atoms with Gasteiger partial charge >= 0.3 is 0 Å². The van der Waals surface area contributed by atoms with Gasteiger partial charge in [-0.2, -0.15) is 0 Å². The Bertz CT molecular complexity index is 156. The molecule has 0 fully saturated rings. The molecule has 0 aliphatic carbocycles. The Labute approximate surface area is 88.3 Å². The third-order valence-corrected chi connectivity index (χ3v) is 3.01. The molecule has 0 saturated heterocycles. The molecule has 2 unspecified atom stereocenters. The van der Waals surface area contributed by atoms with Gasteiger partial charge in [0.15, 0.2) is 0 Å². The highest BCUT2D eigenvalue weighted by atomic mass is 16.1. The van der Waals surface area contributed by atoms with Crippen molar-refractivity contribution in [1.29, 1.82) is 0 Å². The van der Waals surface area contributed by atoms with Crippen molar-refractivity contribution in [3.8, 4) is 0 Å². The third-order valence-electron chi connectivity index (χ3n) is 3.01. The number of amides is 1. The van der Waals surface area contributed by atoms with Crippen molar-refractivity contribution in [2.24, 2.45) is 17.6 Å². The summed E-state index contributed by atoms with van der Waals surface area (Å²) >= 11 is 0. The van der Waals surface area contributed by atoms with Gasteiger partial charge in [-0.3, -0.25) is 4.79 Å². The molecule has 0 aliphatic heterocycles. The second-order valence-corrected chi connectivity index (χ2v) is 4.24. The Balaban J connectivity index is 3.69. The Hall–Kier alpha value is -0.530. The van der Waals surface area contributed by atoms with Gasteiger partial charge in [-0.05, 0) is 18.8 Å². The molecule has 0 aromatic heterocycles. The molecule has 0 spiro atoms. The molecular weight excluding hydrogens is 174 g/mol. The van der Waals surface area contributed by atoms with Crippen LogP contribution in [0, 0.1) is 11.8 Å². The van der Waals surface area contributed by atoms with Crippen LogP contribution in [0.15, 0.2) is 0 Å². The zero-order valence-electron chi connectivity index (χ0n) is 9.88. The molecule has 2 nitrogen and oxygen atoms in total. The molecular formula is C12H25NO. The minimum absolute atomic E-state index is 0.0802. The van der Waals surface area contributed by atoms with Crippen LogP contribution in [0.1, 0.15) is 59.3 Å². The van der Waals surface area contributed by atoms with E-state index in [1.165, 1.54) is 25.7 Å². The van der Waals surface area contributed by atoms with E-state index in [0.29, 0.717) is 5.92 Å². The molecule has 2 N–H and O–H groups in total. The van der Waals surface area contributed by atoms with E-state index >= 15 is 0 Å². The molecule has 0 aliphatic rings. The number of carbonyl (C=O) groups excluding carboxylic acids is 1. The highest BCUT2D eigenvalue weighted by Gasteiger charge is 2.19. The maximum absolute atomic E-state index is 11.1. The lowest BCUT2D eigenvalue weighted by molar-refractivity contribution is -0.123. The Morgan fingerprint density at radius 2 is 1.86 bits per heavy atom. The van der Waals surface area contributed by atoms with Crippen LogP contribution in [0.2, 0.25) is 0 Å². The molecule has 0 rings (SSSR count). The third kappa shape index (κ3) is 5.25. The maximum atomic E-state index is 11.1. The van der Waals surface area contributed by atoms with Crippen LogP contribution in [0.3, 0.4) is 0 Å². The van der Waals surface area contributed by atoms with Crippen molar-refractivity contribution in [3.63, 3.8) is 0 Å². The minimum atomic E-state index is -0.129. The van der Waals surface area contributed by atoms with Gasteiger partial charge in [0, 0.05) is 5.92 Å². The standard InChI is InChI=1S/C12H25NO/c1-4-6-7-8-9-10(3)11(5-2)12(13)14/h10-11H,4-9H2,1-3H3,(H2,13,14). The lowest BCUT2D eigenvalue weighted by Crippen LogP contribution is -2.28. The first-order valence-electron chi connectivity index (χ1n) is 5.92. The molecule has 2 heteroatoms. The second-order valence-electron chi connectivity index (χ2n) is 4.24. The normalized spacial score (nSPS) is 15.1. The SMILES string of the molecule is CCCCCCC(C)C(CC)C(N)=O. The molecule has 1 amide bonds. The molecule has 14 heavy (non-hydrogen) atoms. The fraction of sp³-hybridized carbons (Fsp3) is 0.917. The lowest BCUT2D eigenvalue weighted by Gasteiger charge is -2.19. The van der Waals surface area contributed by atoms with E-state index in [0.717, 1.165) is 12.8 Å². The second kappa shape index (κ2) is 7.84. The molecule has 0 heterocycles. The quantitative estimate of drug-likeness (QED) is 0.600. The monoisotopic (exact) mass is 199 g/mol. The minimum Gasteiger partial charge on any atom is -0.369 e. The summed E-state index contributed by atoms with van der Waals surface area (Å²) in [6.45, 7) is 6.39. The van der Waals surface area contributed by atoms with E-state index in [1.807, 2.05) is 6.92 Å². The van der Waals surface area contributed by atoms with Crippen LogP contribution < -0.4 is 5.73 Å². The number of nitrogens with two attached hydrogens (primary N) is 1. The van der Waals surface area contributed by atoms with Crippen LogP contribution in [-0.2, 0) is 4.79 Å². The molecule has 0 aromatic carbocycles. The van der Waals surface area contributed by atoms with Crippen LogP contribution >= 0.6 is 0 Å². The van der Waals surface area contributed by atoms with Gasteiger partial charge in [0.05, 0.1) is 0 Å². The topological polar surface area (TPSA) is 43.1 Å². The van der Waals surface area contributed by atoms with Gasteiger partial charge in [-0.25, -0.2) is 0 Å². The zero-order chi connectivity index (χ0) is 11.0.